The van der Waals surface area contributed by atoms with E-state index in [2.05, 4.69) is 77.1 Å². The summed E-state index contributed by atoms with van der Waals surface area (Å²) in [6.45, 7) is 5.43. The molecule has 2 aromatic heterocycles. The van der Waals surface area contributed by atoms with Crippen molar-refractivity contribution in [3.8, 4) is 16.9 Å². The molecule has 25 heavy (non-hydrogen) atoms. The zero-order valence-electron chi connectivity index (χ0n) is 14.9. The Labute approximate surface area is 149 Å². The fraction of sp³-hybridized carbons (Fsp3) is 0.364. The molecule has 0 N–H and O–H groups in total. The van der Waals surface area contributed by atoms with Crippen molar-refractivity contribution in [2.45, 2.75) is 32.2 Å². The molecule has 0 spiro atoms. The van der Waals surface area contributed by atoms with Gasteiger partial charge in [-0.05, 0) is 57.1 Å². The minimum absolute atomic E-state index is 0.460. The first-order valence-electron chi connectivity index (χ1n) is 9.34. The topological polar surface area (TPSA) is 16.9 Å². The number of aromatic nitrogens is 1. The first-order chi connectivity index (χ1) is 12.3. The Kier molecular flexibility index (Phi) is 4.75. The lowest BCUT2D eigenvalue weighted by atomic mass is 10.1. The molecule has 1 aliphatic heterocycles. The highest BCUT2D eigenvalue weighted by atomic mass is 16.5. The molecular weight excluding hydrogens is 308 g/mol. The molecule has 1 aromatic carbocycles. The number of hydrogen-bond acceptors (Lipinski definition) is 2. The van der Waals surface area contributed by atoms with Crippen molar-refractivity contribution in [1.29, 1.82) is 0 Å². The van der Waals surface area contributed by atoms with Crippen molar-refractivity contribution in [1.82, 2.24) is 9.30 Å². The Balaban J connectivity index is 1.52. The lowest BCUT2D eigenvalue weighted by Crippen LogP contribution is -2.40. The lowest BCUT2D eigenvalue weighted by molar-refractivity contribution is 0.125. The maximum atomic E-state index is 6.25. The summed E-state index contributed by atoms with van der Waals surface area (Å²) in [5.41, 5.74) is 3.57. The predicted molar refractivity (Wildman–Crippen MR) is 103 cm³/mol. The second-order valence-corrected chi connectivity index (χ2v) is 7.01. The second kappa shape index (κ2) is 7.32. The first kappa shape index (κ1) is 16.2. The van der Waals surface area contributed by atoms with E-state index >= 15 is 0 Å². The summed E-state index contributed by atoms with van der Waals surface area (Å²) in [5.74, 6) is 0.974. The number of hydrogen-bond donors (Lipinski definition) is 0. The van der Waals surface area contributed by atoms with Crippen LogP contribution in [0.1, 0.15) is 26.2 Å². The normalized spacial score (nSPS) is 16.8. The van der Waals surface area contributed by atoms with Crippen LogP contribution in [0.5, 0.6) is 5.75 Å². The molecule has 1 atom stereocenters. The minimum Gasteiger partial charge on any atom is -0.491 e. The van der Waals surface area contributed by atoms with Crippen LogP contribution in [0.25, 0.3) is 16.6 Å². The predicted octanol–water partition coefficient (Wildman–Crippen LogP) is 4.86. The smallest absolute Gasteiger partial charge is 0.127 e. The van der Waals surface area contributed by atoms with Crippen LogP contribution in [0.15, 0.2) is 60.9 Å². The highest BCUT2D eigenvalue weighted by Gasteiger charge is 2.18. The molecule has 0 saturated carbocycles. The molecule has 3 heterocycles. The van der Waals surface area contributed by atoms with Crippen LogP contribution in [0.3, 0.4) is 0 Å². The maximum Gasteiger partial charge on any atom is 0.127 e. The zero-order chi connectivity index (χ0) is 17.1. The largest absolute Gasteiger partial charge is 0.491 e. The third-order valence-corrected chi connectivity index (χ3v) is 5.20. The van der Waals surface area contributed by atoms with Crippen molar-refractivity contribution < 1.29 is 4.74 Å². The number of rotatable bonds is 5. The molecule has 130 valence electrons. The van der Waals surface area contributed by atoms with Gasteiger partial charge in [-0.3, -0.25) is 4.90 Å². The van der Waals surface area contributed by atoms with E-state index in [0.717, 1.165) is 17.9 Å². The number of para-hydroxylation sites is 1. The third kappa shape index (κ3) is 3.57. The number of pyridine rings is 1. The molecule has 0 aliphatic carbocycles. The summed E-state index contributed by atoms with van der Waals surface area (Å²) in [6, 6.07) is 17.3. The molecule has 3 nitrogen and oxygen atoms in total. The van der Waals surface area contributed by atoms with Crippen LogP contribution in [0.4, 0.5) is 0 Å². The van der Waals surface area contributed by atoms with Gasteiger partial charge < -0.3 is 9.14 Å². The van der Waals surface area contributed by atoms with E-state index in [1.165, 1.54) is 43.4 Å². The van der Waals surface area contributed by atoms with Gasteiger partial charge in [-0.1, -0.05) is 30.7 Å². The van der Waals surface area contributed by atoms with E-state index in [4.69, 9.17) is 4.74 Å². The van der Waals surface area contributed by atoms with Gasteiger partial charge in [0.05, 0.1) is 0 Å². The molecule has 1 fully saturated rings. The molecular formula is C22H26N2O. The first-order valence-corrected chi connectivity index (χ1v) is 9.34. The van der Waals surface area contributed by atoms with Crippen LogP contribution in [-0.2, 0) is 0 Å². The number of fused-ring (bicyclic) bond motifs is 1. The van der Waals surface area contributed by atoms with Crippen LogP contribution in [-0.4, -0.2) is 35.0 Å². The molecule has 0 amide bonds. The summed E-state index contributed by atoms with van der Waals surface area (Å²) >= 11 is 0. The van der Waals surface area contributed by atoms with Gasteiger partial charge in [-0.25, -0.2) is 0 Å². The van der Waals surface area contributed by atoms with Crippen molar-refractivity contribution in [2.24, 2.45) is 0 Å². The fourth-order valence-corrected chi connectivity index (χ4v) is 3.71. The van der Waals surface area contributed by atoms with Crippen molar-refractivity contribution in [3.05, 3.63) is 60.9 Å². The number of piperidine rings is 1. The van der Waals surface area contributed by atoms with E-state index in [1.54, 1.807) is 0 Å². The van der Waals surface area contributed by atoms with Crippen LogP contribution in [0.2, 0.25) is 0 Å². The molecule has 0 bridgehead atoms. The van der Waals surface area contributed by atoms with Crippen LogP contribution < -0.4 is 4.74 Å². The minimum atomic E-state index is 0.460. The molecule has 1 saturated heterocycles. The summed E-state index contributed by atoms with van der Waals surface area (Å²) in [6.07, 6.45) is 8.26. The Hall–Kier alpha value is -2.26. The van der Waals surface area contributed by atoms with Crippen molar-refractivity contribution in [3.63, 3.8) is 0 Å². The van der Waals surface area contributed by atoms with Crippen LogP contribution >= 0.6 is 0 Å². The number of ether oxygens (including phenoxy) is 1. The standard InChI is InChI=1S/C22H26N2O/c1-18(23-12-6-2-7-13-23)17-25-22-11-4-3-10-21(22)19-15-20-9-5-8-14-24(20)16-19/h3-5,8-11,14-16,18H,2,6-7,12-13,17H2,1H3. The van der Waals surface area contributed by atoms with Crippen molar-refractivity contribution >= 4 is 5.52 Å². The maximum absolute atomic E-state index is 6.25. The highest BCUT2D eigenvalue weighted by molar-refractivity contribution is 5.74. The van der Waals surface area contributed by atoms with Gasteiger partial charge in [0.1, 0.15) is 12.4 Å². The van der Waals surface area contributed by atoms with Gasteiger partial charge in [-0.2, -0.15) is 0 Å². The Morgan fingerprint density at radius 1 is 1.00 bits per heavy atom. The van der Waals surface area contributed by atoms with Gasteiger partial charge in [0, 0.05) is 35.1 Å². The van der Waals surface area contributed by atoms with Gasteiger partial charge in [0.2, 0.25) is 0 Å². The number of likely N-dealkylation sites (tertiary alicyclic amines) is 1. The summed E-state index contributed by atoms with van der Waals surface area (Å²) in [7, 11) is 0. The molecule has 3 heteroatoms. The average molecular weight is 334 g/mol. The molecule has 1 unspecified atom stereocenters. The molecule has 3 aromatic rings. The Bertz CT molecular complexity index is 800. The number of nitrogens with zero attached hydrogens (tertiary/aromatic N) is 2. The van der Waals surface area contributed by atoms with Gasteiger partial charge in [0.15, 0.2) is 0 Å². The quantitative estimate of drug-likeness (QED) is 0.663. The van der Waals surface area contributed by atoms with Gasteiger partial charge in [-0.15, -0.1) is 0 Å². The average Bonchev–Trinajstić information content (AvgIpc) is 3.11. The fourth-order valence-electron chi connectivity index (χ4n) is 3.71. The highest BCUT2D eigenvalue weighted by Crippen LogP contribution is 2.31. The van der Waals surface area contributed by atoms with E-state index in [9.17, 15) is 0 Å². The lowest BCUT2D eigenvalue weighted by Gasteiger charge is -2.32. The van der Waals surface area contributed by atoms with Gasteiger partial charge in [0.25, 0.3) is 0 Å². The SMILES string of the molecule is CC(COc1ccccc1-c1cc2ccccn2c1)N1CCCCC1. The molecule has 1 aliphatic rings. The van der Waals surface area contributed by atoms with Crippen LogP contribution in [0, 0.1) is 0 Å². The monoisotopic (exact) mass is 334 g/mol. The van der Waals surface area contributed by atoms with E-state index in [0.29, 0.717) is 6.04 Å². The van der Waals surface area contributed by atoms with Crippen molar-refractivity contribution in [2.75, 3.05) is 19.7 Å². The van der Waals surface area contributed by atoms with Gasteiger partial charge >= 0.3 is 0 Å². The Morgan fingerprint density at radius 3 is 2.64 bits per heavy atom. The number of benzene rings is 1. The van der Waals surface area contributed by atoms with E-state index < -0.39 is 0 Å². The van der Waals surface area contributed by atoms with E-state index in [1.807, 2.05) is 0 Å². The zero-order valence-corrected chi connectivity index (χ0v) is 14.9. The summed E-state index contributed by atoms with van der Waals surface area (Å²) < 4.78 is 8.41. The summed E-state index contributed by atoms with van der Waals surface area (Å²) in [4.78, 5) is 2.55. The summed E-state index contributed by atoms with van der Waals surface area (Å²) in [5, 5.41) is 0. The van der Waals surface area contributed by atoms with E-state index in [-0.39, 0.29) is 0 Å². The Morgan fingerprint density at radius 2 is 1.80 bits per heavy atom. The molecule has 0 radical (unpaired) electrons. The molecule has 4 rings (SSSR count). The third-order valence-electron chi connectivity index (χ3n) is 5.20. The second-order valence-electron chi connectivity index (χ2n) is 7.01.